The van der Waals surface area contributed by atoms with Crippen LogP contribution in [0.25, 0.3) is 0 Å². The molecule has 2 atom stereocenters. The summed E-state index contributed by atoms with van der Waals surface area (Å²) in [6.45, 7) is 1.07. The van der Waals surface area contributed by atoms with Gasteiger partial charge in [-0.3, -0.25) is 9.59 Å². The molecular weight excluding hydrogens is 286 g/mol. The number of likely N-dealkylation sites (tertiary alicyclic amines) is 1. The molecule has 1 aromatic carbocycles. The van der Waals surface area contributed by atoms with E-state index >= 15 is 0 Å². The Morgan fingerprint density at radius 2 is 2.05 bits per heavy atom. The Labute approximate surface area is 127 Å². The Kier molecular flexibility index (Phi) is 3.95. The van der Waals surface area contributed by atoms with Crippen LogP contribution < -0.4 is 10.6 Å². The van der Waals surface area contributed by atoms with Gasteiger partial charge in [0.2, 0.25) is 5.91 Å². The van der Waals surface area contributed by atoms with Crippen LogP contribution in [0, 0.1) is 0 Å². The van der Waals surface area contributed by atoms with Crippen LogP contribution in [0.15, 0.2) is 30.3 Å². The number of nitrogens with one attached hydrogen (secondary N) is 2. The van der Waals surface area contributed by atoms with Gasteiger partial charge in [-0.05, 0) is 18.6 Å². The first-order valence-electron chi connectivity index (χ1n) is 7.21. The summed E-state index contributed by atoms with van der Waals surface area (Å²) < 4.78 is 4.73. The number of amides is 3. The van der Waals surface area contributed by atoms with Crippen LogP contribution in [0.1, 0.15) is 16.8 Å². The highest BCUT2D eigenvalue weighted by Crippen LogP contribution is 2.13. The van der Waals surface area contributed by atoms with Gasteiger partial charge in [0, 0.05) is 24.7 Å². The molecule has 2 saturated heterocycles. The van der Waals surface area contributed by atoms with Gasteiger partial charge in [-0.1, -0.05) is 18.2 Å². The lowest BCUT2D eigenvalue weighted by molar-refractivity contribution is -0.132. The lowest BCUT2D eigenvalue weighted by atomic mass is 10.2. The van der Waals surface area contributed by atoms with Gasteiger partial charge < -0.3 is 20.3 Å². The Morgan fingerprint density at radius 1 is 1.27 bits per heavy atom. The molecule has 116 valence electrons. The zero-order valence-corrected chi connectivity index (χ0v) is 12.0. The average Bonchev–Trinajstić information content (AvgIpc) is 3.16. The van der Waals surface area contributed by atoms with Crippen molar-refractivity contribution in [3.05, 3.63) is 35.9 Å². The predicted molar refractivity (Wildman–Crippen MR) is 77.2 cm³/mol. The molecule has 2 heterocycles. The minimum Gasteiger partial charge on any atom is -0.447 e. The summed E-state index contributed by atoms with van der Waals surface area (Å²) >= 11 is 0. The third-order valence-electron chi connectivity index (χ3n) is 3.84. The maximum absolute atomic E-state index is 12.2. The standard InChI is InChI=1S/C15H17N3O4/c19-13(10-4-2-1-3-5-10)16-11-6-7-18(8-11)14(20)12-9-22-15(21)17-12/h1-5,11-12H,6-9H2,(H,16,19)(H,17,21)/t11?,12-/m0/s1. The first-order valence-corrected chi connectivity index (χ1v) is 7.21. The van der Waals surface area contributed by atoms with Crippen LogP contribution in [-0.2, 0) is 9.53 Å². The molecule has 0 bridgehead atoms. The molecule has 3 amide bonds. The van der Waals surface area contributed by atoms with Crippen LogP contribution in [0.3, 0.4) is 0 Å². The Hall–Kier alpha value is -2.57. The van der Waals surface area contributed by atoms with E-state index in [0.29, 0.717) is 25.1 Å². The smallest absolute Gasteiger partial charge is 0.407 e. The van der Waals surface area contributed by atoms with Gasteiger partial charge in [-0.25, -0.2) is 4.79 Å². The highest BCUT2D eigenvalue weighted by Gasteiger charge is 2.35. The third kappa shape index (κ3) is 3.03. The molecule has 2 fully saturated rings. The summed E-state index contributed by atoms with van der Waals surface area (Å²) in [6, 6.07) is 8.28. The second-order valence-electron chi connectivity index (χ2n) is 5.40. The van der Waals surface area contributed by atoms with Gasteiger partial charge in [0.15, 0.2) is 0 Å². The summed E-state index contributed by atoms with van der Waals surface area (Å²) in [5, 5.41) is 5.40. The summed E-state index contributed by atoms with van der Waals surface area (Å²) in [5.74, 6) is -0.306. The lowest BCUT2D eigenvalue weighted by Gasteiger charge is -2.19. The van der Waals surface area contributed by atoms with Crippen LogP contribution >= 0.6 is 0 Å². The van der Waals surface area contributed by atoms with E-state index in [1.54, 1.807) is 17.0 Å². The number of alkyl carbamates (subject to hydrolysis) is 1. The van der Waals surface area contributed by atoms with Gasteiger partial charge in [0.05, 0.1) is 0 Å². The van der Waals surface area contributed by atoms with Crippen LogP contribution in [0.5, 0.6) is 0 Å². The summed E-state index contributed by atoms with van der Waals surface area (Å²) in [6.07, 6.45) is 0.137. The van der Waals surface area contributed by atoms with E-state index in [-0.39, 0.29) is 24.5 Å². The SMILES string of the molecule is O=C1N[C@H](C(=O)N2CCC(NC(=O)c3ccccc3)C2)CO1. The van der Waals surface area contributed by atoms with E-state index in [0.717, 1.165) is 0 Å². The van der Waals surface area contributed by atoms with Gasteiger partial charge in [0.1, 0.15) is 12.6 Å². The summed E-state index contributed by atoms with van der Waals surface area (Å²) in [4.78, 5) is 36.9. The van der Waals surface area contributed by atoms with E-state index in [4.69, 9.17) is 4.74 Å². The van der Waals surface area contributed by atoms with Gasteiger partial charge in [0.25, 0.3) is 5.91 Å². The molecule has 1 aromatic rings. The quantitative estimate of drug-likeness (QED) is 0.830. The largest absolute Gasteiger partial charge is 0.447 e. The maximum Gasteiger partial charge on any atom is 0.407 e. The molecule has 2 aliphatic rings. The first-order chi connectivity index (χ1) is 10.6. The van der Waals surface area contributed by atoms with Crippen molar-refractivity contribution >= 4 is 17.9 Å². The van der Waals surface area contributed by atoms with Crippen molar-refractivity contribution in [2.45, 2.75) is 18.5 Å². The van der Waals surface area contributed by atoms with Crippen LogP contribution in [-0.4, -0.2) is 54.6 Å². The van der Waals surface area contributed by atoms with Gasteiger partial charge in [-0.2, -0.15) is 0 Å². The molecule has 1 unspecified atom stereocenters. The number of cyclic esters (lactones) is 1. The zero-order valence-electron chi connectivity index (χ0n) is 12.0. The van der Waals surface area contributed by atoms with Crippen molar-refractivity contribution in [2.75, 3.05) is 19.7 Å². The maximum atomic E-state index is 12.2. The molecule has 2 aliphatic heterocycles. The monoisotopic (exact) mass is 303 g/mol. The predicted octanol–water partition coefficient (Wildman–Crippen LogP) is 0.126. The molecule has 7 heteroatoms. The van der Waals surface area contributed by atoms with E-state index < -0.39 is 12.1 Å². The number of rotatable bonds is 3. The Balaban J connectivity index is 1.53. The summed E-state index contributed by atoms with van der Waals surface area (Å²) in [7, 11) is 0. The summed E-state index contributed by atoms with van der Waals surface area (Å²) in [5.41, 5.74) is 0.601. The van der Waals surface area contributed by atoms with Crippen molar-refractivity contribution in [2.24, 2.45) is 0 Å². The topological polar surface area (TPSA) is 87.7 Å². The Bertz CT molecular complexity index is 590. The molecule has 0 saturated carbocycles. The highest BCUT2D eigenvalue weighted by atomic mass is 16.6. The molecule has 2 N–H and O–H groups in total. The number of hydrogen-bond acceptors (Lipinski definition) is 4. The van der Waals surface area contributed by atoms with E-state index in [9.17, 15) is 14.4 Å². The van der Waals surface area contributed by atoms with Crippen molar-refractivity contribution in [1.82, 2.24) is 15.5 Å². The molecule has 0 aromatic heterocycles. The fourth-order valence-electron chi connectivity index (χ4n) is 2.67. The molecule has 7 nitrogen and oxygen atoms in total. The second kappa shape index (κ2) is 6.05. The number of nitrogens with zero attached hydrogens (tertiary/aromatic N) is 1. The minimum absolute atomic E-state index is 0.0647. The normalized spacial score (nSPS) is 23.8. The van der Waals surface area contributed by atoms with Crippen molar-refractivity contribution < 1.29 is 19.1 Å². The number of hydrogen-bond donors (Lipinski definition) is 2. The third-order valence-corrected chi connectivity index (χ3v) is 3.84. The van der Waals surface area contributed by atoms with E-state index in [1.165, 1.54) is 0 Å². The molecule has 0 radical (unpaired) electrons. The van der Waals surface area contributed by atoms with Crippen LogP contribution in [0.2, 0.25) is 0 Å². The van der Waals surface area contributed by atoms with Gasteiger partial charge in [-0.15, -0.1) is 0 Å². The minimum atomic E-state index is -0.615. The second-order valence-corrected chi connectivity index (χ2v) is 5.40. The molecule has 0 aliphatic carbocycles. The molecule has 3 rings (SSSR count). The van der Waals surface area contributed by atoms with Crippen molar-refractivity contribution in [3.8, 4) is 0 Å². The number of carbonyl (C=O) groups excluding carboxylic acids is 3. The molecule has 0 spiro atoms. The van der Waals surface area contributed by atoms with E-state index in [1.807, 2.05) is 18.2 Å². The van der Waals surface area contributed by atoms with Crippen LogP contribution in [0.4, 0.5) is 4.79 Å². The number of carbonyl (C=O) groups is 3. The lowest BCUT2D eigenvalue weighted by Crippen LogP contribution is -2.46. The zero-order chi connectivity index (χ0) is 15.5. The molecular formula is C15H17N3O4. The highest BCUT2D eigenvalue weighted by molar-refractivity contribution is 5.94. The van der Waals surface area contributed by atoms with E-state index in [2.05, 4.69) is 10.6 Å². The number of benzene rings is 1. The Morgan fingerprint density at radius 3 is 2.73 bits per heavy atom. The van der Waals surface area contributed by atoms with Gasteiger partial charge >= 0.3 is 6.09 Å². The van der Waals surface area contributed by atoms with Crippen molar-refractivity contribution in [1.29, 1.82) is 0 Å². The first kappa shape index (κ1) is 14.4. The number of ether oxygens (including phenoxy) is 1. The average molecular weight is 303 g/mol. The fourth-order valence-corrected chi connectivity index (χ4v) is 2.67. The molecule has 22 heavy (non-hydrogen) atoms. The fraction of sp³-hybridized carbons (Fsp3) is 0.400. The van der Waals surface area contributed by atoms with Crippen molar-refractivity contribution in [3.63, 3.8) is 0 Å².